The van der Waals surface area contributed by atoms with E-state index in [1.165, 1.54) is 6.07 Å². The molecule has 1 aliphatic heterocycles. The topological polar surface area (TPSA) is 88.0 Å². The lowest BCUT2D eigenvalue weighted by Crippen LogP contribution is -2.24. The van der Waals surface area contributed by atoms with Crippen molar-refractivity contribution < 1.29 is 23.7 Å². The molecule has 1 N–H and O–H groups in total. The standard InChI is InChI=1S/C18H20N2O6/c1-12-18(14(21)5-6-20(12)7-8-23-2)24-10-17(22)19-13-3-4-15-16(9-13)26-11-25-15/h3-6,9H,7-8,10-11H2,1-2H3,(H,19,22). The number of methoxy groups -OCH3 is 1. The predicted molar refractivity (Wildman–Crippen MR) is 94.0 cm³/mol. The Morgan fingerprint density at radius 2 is 2.08 bits per heavy atom. The van der Waals surface area contributed by atoms with Gasteiger partial charge in [-0.1, -0.05) is 0 Å². The number of hydrogen-bond acceptors (Lipinski definition) is 6. The monoisotopic (exact) mass is 360 g/mol. The summed E-state index contributed by atoms with van der Waals surface area (Å²) >= 11 is 0. The van der Waals surface area contributed by atoms with Crippen molar-refractivity contribution in [3.05, 3.63) is 46.4 Å². The zero-order valence-electron chi connectivity index (χ0n) is 14.6. The summed E-state index contributed by atoms with van der Waals surface area (Å²) in [6.45, 7) is 2.75. The minimum atomic E-state index is -0.380. The number of carbonyl (C=O) groups is 1. The van der Waals surface area contributed by atoms with Gasteiger partial charge in [0, 0.05) is 37.7 Å². The Hall–Kier alpha value is -3.00. The molecular formula is C18H20N2O6. The summed E-state index contributed by atoms with van der Waals surface area (Å²) < 4.78 is 22.9. The highest BCUT2D eigenvalue weighted by atomic mass is 16.7. The van der Waals surface area contributed by atoms with E-state index in [4.69, 9.17) is 18.9 Å². The fourth-order valence-corrected chi connectivity index (χ4v) is 2.57. The van der Waals surface area contributed by atoms with Crippen molar-refractivity contribution in [2.45, 2.75) is 13.5 Å². The SMILES string of the molecule is COCCn1ccc(=O)c(OCC(=O)Nc2ccc3c(c2)OCO3)c1C. The zero-order valence-corrected chi connectivity index (χ0v) is 14.6. The van der Waals surface area contributed by atoms with Gasteiger partial charge in [0.2, 0.25) is 12.2 Å². The van der Waals surface area contributed by atoms with E-state index in [-0.39, 0.29) is 30.5 Å². The largest absolute Gasteiger partial charge is 0.478 e. The van der Waals surface area contributed by atoms with E-state index in [2.05, 4.69) is 5.32 Å². The molecule has 1 aromatic heterocycles. The van der Waals surface area contributed by atoms with Crippen LogP contribution in [-0.2, 0) is 16.1 Å². The lowest BCUT2D eigenvalue weighted by atomic mass is 10.3. The molecule has 0 atom stereocenters. The highest BCUT2D eigenvalue weighted by molar-refractivity contribution is 5.92. The van der Waals surface area contributed by atoms with Crippen molar-refractivity contribution in [2.75, 3.05) is 32.4 Å². The second-order valence-corrected chi connectivity index (χ2v) is 5.69. The summed E-state index contributed by atoms with van der Waals surface area (Å²) in [7, 11) is 1.61. The first-order chi connectivity index (χ1) is 12.6. The molecule has 0 spiro atoms. The number of pyridine rings is 1. The van der Waals surface area contributed by atoms with Gasteiger partial charge in [0.1, 0.15) is 0 Å². The predicted octanol–water partition coefficient (Wildman–Crippen LogP) is 1.55. The molecule has 0 saturated heterocycles. The minimum Gasteiger partial charge on any atom is -0.478 e. The van der Waals surface area contributed by atoms with Gasteiger partial charge < -0.3 is 28.8 Å². The fraction of sp³-hybridized carbons (Fsp3) is 0.333. The third kappa shape index (κ3) is 3.97. The molecule has 0 aliphatic carbocycles. The van der Waals surface area contributed by atoms with Crippen LogP contribution >= 0.6 is 0 Å². The first-order valence-corrected chi connectivity index (χ1v) is 8.10. The number of hydrogen-bond donors (Lipinski definition) is 1. The molecule has 2 heterocycles. The molecule has 26 heavy (non-hydrogen) atoms. The number of carbonyl (C=O) groups excluding carboxylic acids is 1. The number of ether oxygens (including phenoxy) is 4. The van der Waals surface area contributed by atoms with Crippen molar-refractivity contribution in [2.24, 2.45) is 0 Å². The lowest BCUT2D eigenvalue weighted by molar-refractivity contribution is -0.118. The van der Waals surface area contributed by atoms with Crippen LogP contribution in [0.15, 0.2) is 35.3 Å². The number of fused-ring (bicyclic) bond motifs is 1. The fourth-order valence-electron chi connectivity index (χ4n) is 2.57. The van der Waals surface area contributed by atoms with Crippen molar-refractivity contribution in [1.29, 1.82) is 0 Å². The molecule has 1 amide bonds. The lowest BCUT2D eigenvalue weighted by Gasteiger charge is -2.14. The van der Waals surface area contributed by atoms with Crippen LogP contribution in [0.1, 0.15) is 5.69 Å². The van der Waals surface area contributed by atoms with Crippen LogP contribution < -0.4 is 25.0 Å². The maximum atomic E-state index is 12.1. The number of benzene rings is 1. The van der Waals surface area contributed by atoms with Gasteiger partial charge in [0.25, 0.3) is 5.91 Å². The highest BCUT2D eigenvalue weighted by Crippen LogP contribution is 2.34. The van der Waals surface area contributed by atoms with Gasteiger partial charge >= 0.3 is 0 Å². The summed E-state index contributed by atoms with van der Waals surface area (Å²) in [6.07, 6.45) is 1.68. The van der Waals surface area contributed by atoms with Gasteiger partial charge in [-0.05, 0) is 19.1 Å². The second kappa shape index (κ2) is 7.92. The Morgan fingerprint density at radius 1 is 1.27 bits per heavy atom. The Balaban J connectivity index is 1.63. The quantitative estimate of drug-likeness (QED) is 0.806. The Morgan fingerprint density at radius 3 is 2.88 bits per heavy atom. The molecule has 8 nitrogen and oxygen atoms in total. The third-order valence-corrected chi connectivity index (χ3v) is 3.93. The number of nitrogens with zero attached hydrogens (tertiary/aromatic N) is 1. The average Bonchev–Trinajstić information content (AvgIpc) is 3.08. The number of nitrogens with one attached hydrogen (secondary N) is 1. The molecule has 0 fully saturated rings. The first-order valence-electron chi connectivity index (χ1n) is 8.10. The van der Waals surface area contributed by atoms with Gasteiger partial charge in [-0.15, -0.1) is 0 Å². The van der Waals surface area contributed by atoms with E-state index in [0.29, 0.717) is 36.0 Å². The van der Waals surface area contributed by atoms with E-state index >= 15 is 0 Å². The average molecular weight is 360 g/mol. The van der Waals surface area contributed by atoms with Gasteiger partial charge in [0.15, 0.2) is 23.9 Å². The normalized spacial score (nSPS) is 12.1. The number of anilines is 1. The van der Waals surface area contributed by atoms with Gasteiger partial charge in [-0.25, -0.2) is 0 Å². The number of amides is 1. The van der Waals surface area contributed by atoms with E-state index in [0.717, 1.165) is 0 Å². The number of aromatic nitrogens is 1. The third-order valence-electron chi connectivity index (χ3n) is 3.93. The molecule has 0 saturated carbocycles. The Bertz CT molecular complexity index is 861. The van der Waals surface area contributed by atoms with E-state index in [9.17, 15) is 9.59 Å². The summed E-state index contributed by atoms with van der Waals surface area (Å²) in [5.74, 6) is 0.985. The molecule has 3 rings (SSSR count). The van der Waals surface area contributed by atoms with Crippen LogP contribution in [0.4, 0.5) is 5.69 Å². The molecule has 8 heteroatoms. The minimum absolute atomic E-state index is 0.157. The highest BCUT2D eigenvalue weighted by Gasteiger charge is 2.15. The van der Waals surface area contributed by atoms with Crippen LogP contribution in [0.5, 0.6) is 17.2 Å². The summed E-state index contributed by atoms with van der Waals surface area (Å²) in [6, 6.07) is 6.50. The molecule has 1 aliphatic rings. The molecular weight excluding hydrogens is 340 g/mol. The van der Waals surface area contributed by atoms with E-state index in [1.54, 1.807) is 38.4 Å². The van der Waals surface area contributed by atoms with Crippen LogP contribution in [0.2, 0.25) is 0 Å². The van der Waals surface area contributed by atoms with E-state index in [1.807, 2.05) is 4.57 Å². The summed E-state index contributed by atoms with van der Waals surface area (Å²) in [4.78, 5) is 24.2. The van der Waals surface area contributed by atoms with Crippen LogP contribution in [0, 0.1) is 6.92 Å². The molecule has 2 aromatic rings. The van der Waals surface area contributed by atoms with Crippen molar-refractivity contribution in [3.63, 3.8) is 0 Å². The van der Waals surface area contributed by atoms with Crippen LogP contribution in [-0.4, -0.2) is 37.6 Å². The van der Waals surface area contributed by atoms with Crippen molar-refractivity contribution in [3.8, 4) is 17.2 Å². The summed E-state index contributed by atoms with van der Waals surface area (Å²) in [5, 5.41) is 2.70. The van der Waals surface area contributed by atoms with Crippen LogP contribution in [0.25, 0.3) is 0 Å². The molecule has 1 aromatic carbocycles. The van der Waals surface area contributed by atoms with Gasteiger partial charge in [-0.3, -0.25) is 9.59 Å². The number of rotatable bonds is 7. The maximum Gasteiger partial charge on any atom is 0.262 e. The molecule has 138 valence electrons. The Labute approximate surface area is 150 Å². The molecule has 0 bridgehead atoms. The van der Waals surface area contributed by atoms with Crippen LogP contribution in [0.3, 0.4) is 0 Å². The maximum absolute atomic E-state index is 12.1. The van der Waals surface area contributed by atoms with Crippen molar-refractivity contribution in [1.82, 2.24) is 4.57 Å². The van der Waals surface area contributed by atoms with Gasteiger partial charge in [-0.2, -0.15) is 0 Å². The summed E-state index contributed by atoms with van der Waals surface area (Å²) in [5.41, 5.74) is 0.933. The molecule has 0 unspecified atom stereocenters. The molecule has 0 radical (unpaired) electrons. The van der Waals surface area contributed by atoms with Gasteiger partial charge in [0.05, 0.1) is 12.3 Å². The second-order valence-electron chi connectivity index (χ2n) is 5.69. The Kier molecular flexibility index (Phi) is 5.43. The smallest absolute Gasteiger partial charge is 0.262 e. The first kappa shape index (κ1) is 17.8. The van der Waals surface area contributed by atoms with Crippen molar-refractivity contribution >= 4 is 11.6 Å². The van der Waals surface area contributed by atoms with E-state index < -0.39 is 0 Å². The zero-order chi connectivity index (χ0) is 18.5.